The van der Waals surface area contributed by atoms with Crippen molar-refractivity contribution >= 4 is 16.9 Å². The molecule has 2 heteroatoms. The van der Waals surface area contributed by atoms with E-state index in [1.165, 1.54) is 17.3 Å². The van der Waals surface area contributed by atoms with Gasteiger partial charge in [0.1, 0.15) is 0 Å². The van der Waals surface area contributed by atoms with E-state index in [9.17, 15) is 4.79 Å². The molecule has 2 aromatic rings. The van der Waals surface area contributed by atoms with Gasteiger partial charge in [-0.3, -0.25) is 4.79 Å². The fourth-order valence-electron chi connectivity index (χ4n) is 1.64. The van der Waals surface area contributed by atoms with Gasteiger partial charge in [0.25, 0.3) is 0 Å². The van der Waals surface area contributed by atoms with Crippen LogP contribution in [0.15, 0.2) is 54.6 Å². The maximum atomic E-state index is 11.7. The largest absolute Gasteiger partial charge is 0.282 e. The summed E-state index contributed by atoms with van der Waals surface area (Å²) in [6, 6.07) is 18.0. The van der Waals surface area contributed by atoms with Gasteiger partial charge in [0.15, 0.2) is 0 Å². The van der Waals surface area contributed by atoms with Gasteiger partial charge < -0.3 is 0 Å². The number of carbonyl (C=O) groups is 1. The molecule has 1 nitrogen and oxygen atoms in total. The Kier molecular flexibility index (Phi) is 3.99. The molecule has 0 spiro atoms. The molecule has 0 saturated heterocycles. The van der Waals surface area contributed by atoms with Crippen LogP contribution in [0.25, 0.3) is 11.1 Å². The lowest BCUT2D eigenvalue weighted by atomic mass is 10.0. The molecular weight excluding hydrogens is 228 g/mol. The van der Waals surface area contributed by atoms with Crippen LogP contribution in [0.3, 0.4) is 0 Å². The number of hydrogen-bond acceptors (Lipinski definition) is 2. The van der Waals surface area contributed by atoms with Crippen LogP contribution in [0.2, 0.25) is 0 Å². The first kappa shape index (κ1) is 11.9. The van der Waals surface area contributed by atoms with E-state index in [4.69, 9.17) is 0 Å². The number of carbonyl (C=O) groups excluding carboxylic acids is 1. The topological polar surface area (TPSA) is 17.1 Å². The van der Waals surface area contributed by atoms with Crippen molar-refractivity contribution in [3.63, 3.8) is 0 Å². The van der Waals surface area contributed by atoms with E-state index in [2.05, 4.69) is 12.1 Å². The summed E-state index contributed by atoms with van der Waals surface area (Å²) in [6.07, 6.45) is 0. The molecule has 0 fully saturated rings. The Balaban J connectivity index is 2.22. The van der Waals surface area contributed by atoms with Gasteiger partial charge in [-0.05, 0) is 29.0 Å². The van der Waals surface area contributed by atoms with Crippen molar-refractivity contribution < 1.29 is 4.79 Å². The van der Waals surface area contributed by atoms with Crippen LogP contribution in [0, 0.1) is 0 Å². The molecule has 86 valence electrons. The first-order chi connectivity index (χ1) is 8.31. The summed E-state index contributed by atoms with van der Waals surface area (Å²) in [5.74, 6) is 0.819. The summed E-state index contributed by atoms with van der Waals surface area (Å²) in [6.45, 7) is 1.99. The smallest absolute Gasteiger partial charge is 0.219 e. The van der Waals surface area contributed by atoms with Crippen LogP contribution in [0.4, 0.5) is 0 Å². The highest BCUT2D eigenvalue weighted by Gasteiger charge is 2.05. The fraction of sp³-hybridized carbons (Fsp3) is 0.133. The van der Waals surface area contributed by atoms with Gasteiger partial charge in [0, 0.05) is 5.56 Å². The molecule has 0 aliphatic rings. The maximum Gasteiger partial charge on any atom is 0.219 e. The lowest BCUT2D eigenvalue weighted by molar-refractivity contribution is 0.108. The molecule has 0 aromatic heterocycles. The minimum Gasteiger partial charge on any atom is -0.282 e. The second kappa shape index (κ2) is 5.69. The zero-order chi connectivity index (χ0) is 12.1. The Bertz CT molecular complexity index is 488. The van der Waals surface area contributed by atoms with Crippen molar-refractivity contribution in [3.8, 4) is 11.1 Å². The van der Waals surface area contributed by atoms with Gasteiger partial charge >= 0.3 is 0 Å². The molecule has 0 aliphatic heterocycles. The summed E-state index contributed by atoms with van der Waals surface area (Å²) >= 11 is 1.35. The fourth-order valence-corrected chi connectivity index (χ4v) is 2.21. The molecule has 0 bridgehead atoms. The van der Waals surface area contributed by atoms with Crippen molar-refractivity contribution in [2.45, 2.75) is 6.92 Å². The molecule has 0 heterocycles. The van der Waals surface area contributed by atoms with E-state index in [0.717, 1.165) is 16.9 Å². The zero-order valence-corrected chi connectivity index (χ0v) is 10.5. The Morgan fingerprint density at radius 1 is 0.941 bits per heavy atom. The Morgan fingerprint density at radius 3 is 2.12 bits per heavy atom. The number of benzene rings is 2. The van der Waals surface area contributed by atoms with Crippen LogP contribution in [0.1, 0.15) is 17.3 Å². The monoisotopic (exact) mass is 242 g/mol. The average Bonchev–Trinajstić information content (AvgIpc) is 2.40. The Morgan fingerprint density at radius 2 is 1.53 bits per heavy atom. The highest BCUT2D eigenvalue weighted by Crippen LogP contribution is 2.20. The van der Waals surface area contributed by atoms with Crippen LogP contribution in [-0.2, 0) is 0 Å². The lowest BCUT2D eigenvalue weighted by Crippen LogP contribution is -1.93. The van der Waals surface area contributed by atoms with Crippen LogP contribution in [0.5, 0.6) is 0 Å². The maximum absolute atomic E-state index is 11.7. The first-order valence-electron chi connectivity index (χ1n) is 5.64. The molecule has 17 heavy (non-hydrogen) atoms. The quantitative estimate of drug-likeness (QED) is 0.800. The number of hydrogen-bond donors (Lipinski definition) is 0. The standard InChI is InChI=1S/C15H14OS/c1-2-17-15(16)14-10-8-13(9-11-14)12-6-4-3-5-7-12/h3-11H,2H2,1H3. The molecular formula is C15H14OS. The number of thioether (sulfide) groups is 1. The summed E-state index contributed by atoms with van der Waals surface area (Å²) in [7, 11) is 0. The second-order valence-corrected chi connectivity index (χ2v) is 4.90. The van der Waals surface area contributed by atoms with Crippen molar-refractivity contribution in [1.82, 2.24) is 0 Å². The van der Waals surface area contributed by atoms with Gasteiger partial charge in [0.05, 0.1) is 0 Å². The van der Waals surface area contributed by atoms with Crippen molar-refractivity contribution in [2.75, 3.05) is 5.75 Å². The van der Waals surface area contributed by atoms with E-state index in [-0.39, 0.29) is 5.12 Å². The van der Waals surface area contributed by atoms with Gasteiger partial charge in [-0.1, -0.05) is 61.2 Å². The zero-order valence-electron chi connectivity index (χ0n) is 9.72. The molecule has 2 rings (SSSR count). The van der Waals surface area contributed by atoms with Crippen LogP contribution < -0.4 is 0 Å². The first-order valence-corrected chi connectivity index (χ1v) is 6.62. The SMILES string of the molecule is CCSC(=O)c1ccc(-c2ccccc2)cc1. The van der Waals surface area contributed by atoms with Gasteiger partial charge in [0.2, 0.25) is 5.12 Å². The third-order valence-electron chi connectivity index (χ3n) is 2.50. The second-order valence-electron chi connectivity index (χ2n) is 3.66. The Labute approximate surface area is 106 Å². The third-order valence-corrected chi connectivity index (χ3v) is 3.29. The molecule has 0 atom stereocenters. The van der Waals surface area contributed by atoms with E-state index >= 15 is 0 Å². The molecule has 0 unspecified atom stereocenters. The van der Waals surface area contributed by atoms with E-state index in [1.807, 2.05) is 49.4 Å². The average molecular weight is 242 g/mol. The van der Waals surface area contributed by atoms with E-state index in [0.29, 0.717) is 0 Å². The summed E-state index contributed by atoms with van der Waals surface area (Å²) < 4.78 is 0. The molecule has 2 aromatic carbocycles. The predicted octanol–water partition coefficient (Wildman–Crippen LogP) is 4.25. The van der Waals surface area contributed by atoms with Crippen molar-refractivity contribution in [3.05, 3.63) is 60.2 Å². The van der Waals surface area contributed by atoms with Gasteiger partial charge in [-0.2, -0.15) is 0 Å². The van der Waals surface area contributed by atoms with Crippen LogP contribution in [-0.4, -0.2) is 10.9 Å². The molecule has 0 N–H and O–H groups in total. The predicted molar refractivity (Wildman–Crippen MR) is 74.3 cm³/mol. The molecule has 0 amide bonds. The molecule has 0 radical (unpaired) electrons. The summed E-state index contributed by atoms with van der Waals surface area (Å²) in [5, 5.41) is 0.145. The number of rotatable bonds is 3. The van der Waals surface area contributed by atoms with Crippen molar-refractivity contribution in [1.29, 1.82) is 0 Å². The highest BCUT2D eigenvalue weighted by molar-refractivity contribution is 8.14. The minimum absolute atomic E-state index is 0.145. The normalized spacial score (nSPS) is 10.2. The van der Waals surface area contributed by atoms with Gasteiger partial charge in [-0.25, -0.2) is 0 Å². The summed E-state index contributed by atoms with van der Waals surface area (Å²) in [4.78, 5) is 11.7. The molecule has 0 saturated carbocycles. The summed E-state index contributed by atoms with van der Waals surface area (Å²) in [5.41, 5.74) is 3.09. The van der Waals surface area contributed by atoms with Crippen LogP contribution >= 0.6 is 11.8 Å². The van der Waals surface area contributed by atoms with Gasteiger partial charge in [-0.15, -0.1) is 0 Å². The lowest BCUT2D eigenvalue weighted by Gasteiger charge is -2.03. The minimum atomic E-state index is 0.145. The molecule has 0 aliphatic carbocycles. The van der Waals surface area contributed by atoms with Crippen molar-refractivity contribution in [2.24, 2.45) is 0 Å². The van der Waals surface area contributed by atoms with E-state index in [1.54, 1.807) is 0 Å². The van der Waals surface area contributed by atoms with E-state index < -0.39 is 0 Å². The Hall–Kier alpha value is -1.54. The third kappa shape index (κ3) is 2.98. The highest BCUT2D eigenvalue weighted by atomic mass is 32.2.